The number of nitrogens with zero attached hydrogens (tertiary/aromatic N) is 1. The Hall–Kier alpha value is -2.90. The zero-order valence-corrected chi connectivity index (χ0v) is 15.9. The van der Waals surface area contributed by atoms with Crippen molar-refractivity contribution < 1.29 is 13.2 Å². The van der Waals surface area contributed by atoms with E-state index in [0.717, 1.165) is 22.0 Å². The average Bonchev–Trinajstić information content (AvgIpc) is 2.66. The van der Waals surface area contributed by atoms with Gasteiger partial charge in [-0.3, -0.25) is 0 Å². The minimum atomic E-state index is -3.74. The first-order chi connectivity index (χ1) is 12.8. The molecule has 3 N–H and O–H groups in total. The predicted octanol–water partition coefficient (Wildman–Crippen LogP) is 3.71. The number of nitrogens with two attached hydrogens (primary N) is 1. The molecule has 0 aliphatic heterocycles. The Morgan fingerprint density at radius 3 is 2.30 bits per heavy atom. The second-order valence-corrected chi connectivity index (χ2v) is 7.92. The van der Waals surface area contributed by atoms with E-state index < -0.39 is 10.0 Å². The topological polar surface area (TPSA) is 92.5 Å². The zero-order chi connectivity index (χ0) is 19.6. The van der Waals surface area contributed by atoms with Crippen molar-refractivity contribution in [2.24, 2.45) is 5.14 Å². The van der Waals surface area contributed by atoms with Crippen molar-refractivity contribution in [1.82, 2.24) is 4.90 Å². The number of sulfonamides is 1. The molecule has 140 valence electrons. The van der Waals surface area contributed by atoms with E-state index in [1.165, 1.54) is 12.1 Å². The lowest BCUT2D eigenvalue weighted by Crippen LogP contribution is -2.33. The van der Waals surface area contributed by atoms with E-state index in [0.29, 0.717) is 0 Å². The van der Waals surface area contributed by atoms with E-state index in [-0.39, 0.29) is 17.0 Å². The summed E-state index contributed by atoms with van der Waals surface area (Å²) < 4.78 is 22.7. The number of carbonyl (C=O) groups excluding carboxylic acids is 1. The number of nitrogens with one attached hydrogen (secondary N) is 1. The summed E-state index contributed by atoms with van der Waals surface area (Å²) in [5.41, 5.74) is 1.54. The highest BCUT2D eigenvalue weighted by atomic mass is 32.2. The number of hydrogen-bond donors (Lipinski definition) is 2. The molecule has 0 spiro atoms. The fourth-order valence-electron chi connectivity index (χ4n) is 2.87. The predicted molar refractivity (Wildman–Crippen MR) is 107 cm³/mol. The number of primary sulfonamides is 1. The standard InChI is InChI=1S/C20H21N3O3S/c1-14(15-10-12-17(13-11-15)27(21,25)26)23(2)20(24)22-19-9-5-7-16-6-3-4-8-18(16)19/h3-14H,1-2H3,(H,22,24)(H2,21,25,26). The number of amides is 2. The van der Waals surface area contributed by atoms with E-state index in [9.17, 15) is 13.2 Å². The second-order valence-electron chi connectivity index (χ2n) is 6.36. The van der Waals surface area contributed by atoms with Crippen molar-refractivity contribution in [3.63, 3.8) is 0 Å². The number of benzene rings is 3. The fourth-order valence-corrected chi connectivity index (χ4v) is 3.39. The third kappa shape index (κ3) is 4.10. The Morgan fingerprint density at radius 2 is 1.63 bits per heavy atom. The molecule has 0 fully saturated rings. The van der Waals surface area contributed by atoms with Gasteiger partial charge in [-0.25, -0.2) is 18.4 Å². The third-order valence-corrected chi connectivity index (χ3v) is 5.55. The van der Waals surface area contributed by atoms with Crippen LogP contribution in [0.15, 0.2) is 71.6 Å². The third-order valence-electron chi connectivity index (χ3n) is 4.62. The molecule has 27 heavy (non-hydrogen) atoms. The molecule has 3 aromatic rings. The molecule has 0 saturated carbocycles. The molecule has 0 bridgehead atoms. The number of carbonyl (C=O) groups is 1. The molecule has 0 heterocycles. The van der Waals surface area contributed by atoms with Gasteiger partial charge in [-0.1, -0.05) is 48.5 Å². The molecule has 0 aliphatic rings. The van der Waals surface area contributed by atoms with Gasteiger partial charge in [0.15, 0.2) is 0 Å². The molecule has 1 unspecified atom stereocenters. The summed E-state index contributed by atoms with van der Waals surface area (Å²) in [4.78, 5) is 14.3. The molecule has 0 radical (unpaired) electrons. The molecule has 3 aromatic carbocycles. The highest BCUT2D eigenvalue weighted by molar-refractivity contribution is 7.89. The summed E-state index contributed by atoms with van der Waals surface area (Å²) in [7, 11) is -2.04. The lowest BCUT2D eigenvalue weighted by molar-refractivity contribution is 0.208. The van der Waals surface area contributed by atoms with Crippen LogP contribution < -0.4 is 10.5 Å². The molecule has 6 nitrogen and oxygen atoms in total. The summed E-state index contributed by atoms with van der Waals surface area (Å²) in [5.74, 6) is 0. The molecule has 2 amide bonds. The number of hydrogen-bond acceptors (Lipinski definition) is 3. The average molecular weight is 383 g/mol. The highest BCUT2D eigenvalue weighted by Crippen LogP contribution is 2.25. The van der Waals surface area contributed by atoms with Crippen LogP contribution >= 0.6 is 0 Å². The van der Waals surface area contributed by atoms with Crippen molar-refractivity contribution in [2.45, 2.75) is 17.9 Å². The Labute approximate surface area is 158 Å². The minimum absolute atomic E-state index is 0.0429. The van der Waals surface area contributed by atoms with Gasteiger partial charge in [0.2, 0.25) is 10.0 Å². The number of anilines is 1. The Bertz CT molecular complexity index is 1070. The molecule has 0 saturated heterocycles. The summed E-state index contributed by atoms with van der Waals surface area (Å²) in [6.45, 7) is 1.87. The number of urea groups is 1. The first-order valence-electron chi connectivity index (χ1n) is 8.42. The van der Waals surface area contributed by atoms with E-state index in [2.05, 4.69) is 5.32 Å². The summed E-state index contributed by atoms with van der Waals surface area (Å²) in [6.07, 6.45) is 0. The van der Waals surface area contributed by atoms with Crippen LogP contribution in [0.25, 0.3) is 10.8 Å². The first-order valence-corrected chi connectivity index (χ1v) is 9.96. The monoisotopic (exact) mass is 383 g/mol. The van der Waals surface area contributed by atoms with Crippen molar-refractivity contribution in [3.05, 3.63) is 72.3 Å². The maximum Gasteiger partial charge on any atom is 0.322 e. The van der Waals surface area contributed by atoms with Crippen LogP contribution in [0.3, 0.4) is 0 Å². The van der Waals surface area contributed by atoms with Crippen molar-refractivity contribution in [1.29, 1.82) is 0 Å². The molecule has 0 aromatic heterocycles. The van der Waals surface area contributed by atoms with Crippen LogP contribution in [0.5, 0.6) is 0 Å². The van der Waals surface area contributed by atoms with Gasteiger partial charge in [0.25, 0.3) is 0 Å². The van der Waals surface area contributed by atoms with Crippen LogP contribution in [0.4, 0.5) is 10.5 Å². The lowest BCUT2D eigenvalue weighted by Gasteiger charge is -2.26. The van der Waals surface area contributed by atoms with E-state index in [1.807, 2.05) is 49.4 Å². The first kappa shape index (κ1) is 18.9. The van der Waals surface area contributed by atoms with Gasteiger partial charge < -0.3 is 10.2 Å². The van der Waals surface area contributed by atoms with Crippen LogP contribution in [-0.4, -0.2) is 26.4 Å². The molecular weight excluding hydrogens is 362 g/mol. The number of fused-ring (bicyclic) bond motifs is 1. The van der Waals surface area contributed by atoms with Gasteiger partial charge in [0, 0.05) is 12.4 Å². The second kappa shape index (κ2) is 7.38. The molecule has 3 rings (SSSR count). The van der Waals surface area contributed by atoms with Crippen LogP contribution in [0.1, 0.15) is 18.5 Å². The maximum absolute atomic E-state index is 12.7. The van der Waals surface area contributed by atoms with E-state index in [1.54, 1.807) is 24.1 Å². The lowest BCUT2D eigenvalue weighted by atomic mass is 10.1. The summed E-state index contributed by atoms with van der Waals surface area (Å²) >= 11 is 0. The molecule has 1 atom stereocenters. The number of rotatable bonds is 4. The Kier molecular flexibility index (Phi) is 5.16. The molecular formula is C20H21N3O3S. The summed E-state index contributed by atoms with van der Waals surface area (Å²) in [5, 5.41) is 10.1. The Morgan fingerprint density at radius 1 is 1.00 bits per heavy atom. The van der Waals surface area contributed by atoms with Crippen LogP contribution in [-0.2, 0) is 10.0 Å². The molecule has 7 heteroatoms. The Balaban J connectivity index is 1.78. The quantitative estimate of drug-likeness (QED) is 0.719. The van der Waals surface area contributed by atoms with Crippen molar-refractivity contribution in [2.75, 3.05) is 12.4 Å². The zero-order valence-electron chi connectivity index (χ0n) is 15.1. The fraction of sp³-hybridized carbons (Fsp3) is 0.150. The van der Waals surface area contributed by atoms with Crippen molar-refractivity contribution >= 4 is 32.5 Å². The normalized spacial score (nSPS) is 12.6. The van der Waals surface area contributed by atoms with E-state index in [4.69, 9.17) is 5.14 Å². The van der Waals surface area contributed by atoms with Crippen LogP contribution in [0, 0.1) is 0 Å². The van der Waals surface area contributed by atoms with Gasteiger partial charge >= 0.3 is 6.03 Å². The SMILES string of the molecule is CC(c1ccc(S(N)(=O)=O)cc1)N(C)C(=O)Nc1cccc2ccccc12. The minimum Gasteiger partial charge on any atom is -0.321 e. The van der Waals surface area contributed by atoms with E-state index >= 15 is 0 Å². The van der Waals surface area contributed by atoms with Gasteiger partial charge in [-0.05, 0) is 36.1 Å². The molecule has 0 aliphatic carbocycles. The van der Waals surface area contributed by atoms with Gasteiger partial charge in [-0.2, -0.15) is 0 Å². The highest BCUT2D eigenvalue weighted by Gasteiger charge is 2.19. The van der Waals surface area contributed by atoms with Gasteiger partial charge in [0.05, 0.1) is 16.6 Å². The van der Waals surface area contributed by atoms with Crippen LogP contribution in [0.2, 0.25) is 0 Å². The largest absolute Gasteiger partial charge is 0.322 e. The van der Waals surface area contributed by atoms with Gasteiger partial charge in [0.1, 0.15) is 0 Å². The van der Waals surface area contributed by atoms with Crippen molar-refractivity contribution in [3.8, 4) is 0 Å². The van der Waals surface area contributed by atoms with Gasteiger partial charge in [-0.15, -0.1) is 0 Å². The maximum atomic E-state index is 12.7. The smallest absolute Gasteiger partial charge is 0.321 e. The summed E-state index contributed by atoms with van der Waals surface area (Å²) in [6, 6.07) is 19.3.